The van der Waals surface area contributed by atoms with Gasteiger partial charge < -0.3 is 14.6 Å². The van der Waals surface area contributed by atoms with E-state index in [0.717, 1.165) is 24.2 Å². The van der Waals surface area contributed by atoms with Gasteiger partial charge in [-0.2, -0.15) is 0 Å². The van der Waals surface area contributed by atoms with Crippen molar-refractivity contribution in [2.45, 2.75) is 31.8 Å². The molecule has 5 rings (SSSR count). The van der Waals surface area contributed by atoms with E-state index in [1.807, 2.05) is 35.0 Å². The molecule has 1 atom stereocenters. The van der Waals surface area contributed by atoms with Gasteiger partial charge in [0.2, 0.25) is 11.8 Å². The van der Waals surface area contributed by atoms with Gasteiger partial charge in [0.05, 0.1) is 24.8 Å². The van der Waals surface area contributed by atoms with Crippen molar-refractivity contribution in [2.24, 2.45) is 5.92 Å². The van der Waals surface area contributed by atoms with Crippen molar-refractivity contribution in [3.05, 3.63) is 48.4 Å². The minimum absolute atomic E-state index is 0.0381. The molecule has 0 unspecified atom stereocenters. The van der Waals surface area contributed by atoms with Gasteiger partial charge in [0.25, 0.3) is 0 Å². The monoisotopic (exact) mass is 392 g/mol. The van der Waals surface area contributed by atoms with Crippen LogP contribution < -0.4 is 5.32 Å². The van der Waals surface area contributed by atoms with Gasteiger partial charge >= 0.3 is 0 Å². The molecule has 9 nitrogen and oxygen atoms in total. The van der Waals surface area contributed by atoms with Gasteiger partial charge in [0.15, 0.2) is 5.82 Å². The summed E-state index contributed by atoms with van der Waals surface area (Å²) >= 11 is 0. The highest BCUT2D eigenvalue weighted by atomic mass is 16.3. The molecule has 2 aromatic heterocycles. The number of furan rings is 1. The van der Waals surface area contributed by atoms with Crippen LogP contribution in [0.5, 0.6) is 0 Å². The van der Waals surface area contributed by atoms with Crippen molar-refractivity contribution < 1.29 is 14.0 Å². The predicted octanol–water partition coefficient (Wildman–Crippen LogP) is 2.26. The average Bonchev–Trinajstić information content (AvgIpc) is 3.09. The SMILES string of the molecule is O=C(Nc1ccc(-c2nnnn2C2CC2)cc1)[C@@H]1CC(=O)N(Cc2ccco2)C1. The van der Waals surface area contributed by atoms with Crippen molar-refractivity contribution in [1.82, 2.24) is 25.1 Å². The number of tetrazole rings is 1. The first-order valence-electron chi connectivity index (χ1n) is 9.67. The lowest BCUT2D eigenvalue weighted by Crippen LogP contribution is -2.27. The van der Waals surface area contributed by atoms with Crippen LogP contribution in [0, 0.1) is 5.92 Å². The van der Waals surface area contributed by atoms with Crippen LogP contribution in [0.2, 0.25) is 0 Å². The van der Waals surface area contributed by atoms with Gasteiger partial charge in [-0.25, -0.2) is 4.68 Å². The molecule has 1 aromatic carbocycles. The molecule has 2 amide bonds. The second-order valence-corrected chi connectivity index (χ2v) is 7.50. The van der Waals surface area contributed by atoms with Crippen LogP contribution in [0.15, 0.2) is 47.1 Å². The van der Waals surface area contributed by atoms with Gasteiger partial charge in [-0.05, 0) is 59.7 Å². The molecule has 3 aromatic rings. The Kier molecular flexibility index (Phi) is 4.34. The zero-order valence-electron chi connectivity index (χ0n) is 15.7. The first kappa shape index (κ1) is 17.6. The summed E-state index contributed by atoms with van der Waals surface area (Å²) in [6.07, 6.45) is 3.99. The van der Waals surface area contributed by atoms with Crippen molar-refractivity contribution >= 4 is 17.5 Å². The molecule has 1 aliphatic heterocycles. The van der Waals surface area contributed by atoms with Crippen LogP contribution in [0.1, 0.15) is 31.1 Å². The largest absolute Gasteiger partial charge is 0.467 e. The van der Waals surface area contributed by atoms with Gasteiger partial charge in [-0.1, -0.05) is 0 Å². The molecule has 1 saturated carbocycles. The fraction of sp³-hybridized carbons (Fsp3) is 0.350. The van der Waals surface area contributed by atoms with Gasteiger partial charge in [-0.15, -0.1) is 5.10 Å². The number of aromatic nitrogens is 4. The number of nitrogens with zero attached hydrogens (tertiary/aromatic N) is 5. The smallest absolute Gasteiger partial charge is 0.229 e. The summed E-state index contributed by atoms with van der Waals surface area (Å²) in [5.74, 6) is 0.878. The maximum absolute atomic E-state index is 12.6. The summed E-state index contributed by atoms with van der Waals surface area (Å²) < 4.78 is 7.15. The molecule has 29 heavy (non-hydrogen) atoms. The highest BCUT2D eigenvalue weighted by Gasteiger charge is 2.34. The predicted molar refractivity (Wildman–Crippen MR) is 102 cm³/mol. The summed E-state index contributed by atoms with van der Waals surface area (Å²) in [6.45, 7) is 0.777. The molecular weight excluding hydrogens is 372 g/mol. The summed E-state index contributed by atoms with van der Waals surface area (Å²) in [6, 6.07) is 11.4. The molecule has 2 aliphatic rings. The Bertz CT molecular complexity index is 1020. The third kappa shape index (κ3) is 3.63. The standard InChI is InChI=1S/C20H20N6O3/c27-18-10-14(11-25(18)12-17-2-1-9-29-17)20(28)21-15-5-3-13(4-6-15)19-22-23-24-26(19)16-7-8-16/h1-6,9,14,16H,7-8,10-12H2,(H,21,28)/t14-/m1/s1. The van der Waals surface area contributed by atoms with Crippen LogP contribution in [0.25, 0.3) is 11.4 Å². The summed E-state index contributed by atoms with van der Waals surface area (Å²) in [5, 5.41) is 14.9. The molecule has 148 valence electrons. The number of rotatable bonds is 6. The minimum atomic E-state index is -0.376. The van der Waals surface area contributed by atoms with E-state index in [-0.39, 0.29) is 24.2 Å². The molecule has 1 saturated heterocycles. The van der Waals surface area contributed by atoms with Crippen LogP contribution in [0.3, 0.4) is 0 Å². The van der Waals surface area contributed by atoms with Crippen molar-refractivity contribution in [2.75, 3.05) is 11.9 Å². The summed E-state index contributed by atoms with van der Waals surface area (Å²) in [7, 11) is 0. The molecule has 3 heterocycles. The van der Waals surface area contributed by atoms with E-state index in [1.165, 1.54) is 0 Å². The number of nitrogens with one attached hydrogen (secondary N) is 1. The number of hydrogen-bond acceptors (Lipinski definition) is 6. The average molecular weight is 392 g/mol. The lowest BCUT2D eigenvalue weighted by Gasteiger charge is -2.15. The van der Waals surface area contributed by atoms with Crippen molar-refractivity contribution in [3.8, 4) is 11.4 Å². The molecule has 2 fully saturated rings. The molecule has 0 spiro atoms. The lowest BCUT2D eigenvalue weighted by atomic mass is 10.1. The highest BCUT2D eigenvalue weighted by molar-refractivity contribution is 5.97. The zero-order chi connectivity index (χ0) is 19.8. The molecule has 0 bridgehead atoms. The number of anilines is 1. The molecule has 9 heteroatoms. The number of likely N-dealkylation sites (tertiary alicyclic amines) is 1. The summed E-state index contributed by atoms with van der Waals surface area (Å²) in [4.78, 5) is 26.5. The van der Waals surface area contributed by atoms with E-state index in [9.17, 15) is 9.59 Å². The third-order valence-electron chi connectivity index (χ3n) is 5.31. The number of benzene rings is 1. The summed E-state index contributed by atoms with van der Waals surface area (Å²) in [5.41, 5.74) is 1.58. The first-order valence-corrected chi connectivity index (χ1v) is 9.67. The molecule has 0 radical (unpaired) electrons. The van der Waals surface area contributed by atoms with Crippen LogP contribution in [-0.2, 0) is 16.1 Å². The molecular formula is C20H20N6O3. The number of amides is 2. The Balaban J connectivity index is 1.22. The van der Waals surface area contributed by atoms with E-state index in [0.29, 0.717) is 30.6 Å². The maximum atomic E-state index is 12.6. The molecule has 1 N–H and O–H groups in total. The van der Waals surface area contributed by atoms with Crippen molar-refractivity contribution in [1.29, 1.82) is 0 Å². The highest BCUT2D eigenvalue weighted by Crippen LogP contribution is 2.36. The topological polar surface area (TPSA) is 106 Å². The van der Waals surface area contributed by atoms with Gasteiger partial charge in [-0.3, -0.25) is 9.59 Å². The number of carbonyl (C=O) groups excluding carboxylic acids is 2. The maximum Gasteiger partial charge on any atom is 0.229 e. The lowest BCUT2D eigenvalue weighted by molar-refractivity contribution is -0.128. The fourth-order valence-corrected chi connectivity index (χ4v) is 3.59. The molecule has 1 aliphatic carbocycles. The first-order chi connectivity index (χ1) is 14.2. The number of carbonyl (C=O) groups is 2. The Morgan fingerprint density at radius 2 is 2.03 bits per heavy atom. The van der Waals surface area contributed by atoms with E-state index >= 15 is 0 Å². The minimum Gasteiger partial charge on any atom is -0.467 e. The van der Waals surface area contributed by atoms with Crippen molar-refractivity contribution in [3.63, 3.8) is 0 Å². The number of hydrogen-bond donors (Lipinski definition) is 1. The van der Waals surface area contributed by atoms with E-state index in [4.69, 9.17) is 4.42 Å². The Labute approximate surface area is 166 Å². The zero-order valence-corrected chi connectivity index (χ0v) is 15.7. The van der Waals surface area contributed by atoms with E-state index < -0.39 is 0 Å². The second kappa shape index (κ2) is 7.16. The fourth-order valence-electron chi connectivity index (χ4n) is 3.59. The second-order valence-electron chi connectivity index (χ2n) is 7.50. The Morgan fingerprint density at radius 3 is 2.76 bits per heavy atom. The Hall–Kier alpha value is -3.49. The van der Waals surface area contributed by atoms with Crippen LogP contribution in [0.4, 0.5) is 5.69 Å². The third-order valence-corrected chi connectivity index (χ3v) is 5.31. The van der Waals surface area contributed by atoms with E-state index in [1.54, 1.807) is 17.2 Å². The quantitative estimate of drug-likeness (QED) is 0.690. The Morgan fingerprint density at radius 1 is 1.21 bits per heavy atom. The van der Waals surface area contributed by atoms with Gasteiger partial charge in [0, 0.05) is 24.2 Å². The van der Waals surface area contributed by atoms with Gasteiger partial charge in [0.1, 0.15) is 5.76 Å². The van der Waals surface area contributed by atoms with Crippen LogP contribution in [-0.4, -0.2) is 43.5 Å². The van der Waals surface area contributed by atoms with Crippen LogP contribution >= 0.6 is 0 Å². The van der Waals surface area contributed by atoms with E-state index in [2.05, 4.69) is 20.8 Å². The normalized spacial score (nSPS) is 19.0.